The number of rotatable bonds is 1. The molecule has 4 heterocycles. The molecule has 7 rings (SSSR count). The summed E-state index contributed by atoms with van der Waals surface area (Å²) < 4.78 is 15.5. The Labute approximate surface area is 209 Å². The van der Waals surface area contributed by atoms with Crippen LogP contribution in [0.15, 0.2) is 96.7 Å². The normalized spacial score (nSPS) is 40.5. The van der Waals surface area contributed by atoms with E-state index >= 15 is 4.57 Å². The monoisotopic (exact) mass is 506 g/mol. The Hall–Kier alpha value is -1.06. The lowest BCUT2D eigenvalue weighted by Crippen LogP contribution is -2.54. The van der Waals surface area contributed by atoms with Crippen molar-refractivity contribution in [1.29, 1.82) is 0 Å². The fourth-order valence-electron chi connectivity index (χ4n) is 6.85. The Bertz CT molecular complexity index is 1370. The molecule has 1 nitrogen and oxygen atoms in total. The van der Waals surface area contributed by atoms with E-state index in [9.17, 15) is 0 Å². The minimum atomic E-state index is -2.89. The fraction of sp³-hybridized carbons (Fsp3) is 0.357. The first-order chi connectivity index (χ1) is 15.8. The van der Waals surface area contributed by atoms with Gasteiger partial charge in [-0.3, -0.25) is 0 Å². The number of thioether (sulfide) groups is 3. The van der Waals surface area contributed by atoms with E-state index in [2.05, 4.69) is 88.0 Å². The second-order valence-corrected chi connectivity index (χ2v) is 17.4. The molecule has 5 heteroatoms. The molecule has 0 aromatic heterocycles. The summed E-state index contributed by atoms with van der Waals surface area (Å²) >= 11 is 6.14. The first-order valence-electron chi connectivity index (χ1n) is 11.8. The lowest BCUT2D eigenvalue weighted by atomic mass is 9.68. The summed E-state index contributed by atoms with van der Waals surface area (Å²) in [5, 5.41) is 3.65. The van der Waals surface area contributed by atoms with Crippen molar-refractivity contribution in [3.63, 3.8) is 0 Å². The molecule has 0 bridgehead atoms. The van der Waals surface area contributed by atoms with Gasteiger partial charge in [0, 0.05) is 36.8 Å². The van der Waals surface area contributed by atoms with Crippen LogP contribution < -0.4 is 5.30 Å². The van der Waals surface area contributed by atoms with Crippen LogP contribution in [0.3, 0.4) is 0 Å². The summed E-state index contributed by atoms with van der Waals surface area (Å²) in [6.07, 6.45) is 11.4. The van der Waals surface area contributed by atoms with Crippen molar-refractivity contribution in [1.82, 2.24) is 0 Å². The van der Waals surface area contributed by atoms with Crippen molar-refractivity contribution in [2.75, 3.05) is 0 Å². The van der Waals surface area contributed by atoms with Gasteiger partial charge in [0.25, 0.3) is 0 Å². The summed E-state index contributed by atoms with van der Waals surface area (Å²) in [6, 6.07) is 10.3. The Morgan fingerprint density at radius 1 is 1.06 bits per heavy atom. The van der Waals surface area contributed by atoms with Gasteiger partial charge in [0.1, 0.15) is 0 Å². The number of hydrogen-bond donors (Lipinski definition) is 0. The van der Waals surface area contributed by atoms with Crippen molar-refractivity contribution in [3.05, 3.63) is 96.7 Å². The molecule has 0 N–H and O–H groups in total. The Morgan fingerprint density at radius 2 is 1.85 bits per heavy atom. The van der Waals surface area contributed by atoms with Crippen LogP contribution in [0, 0.1) is 5.92 Å². The molecule has 0 saturated carbocycles. The number of allylic oxidation sites excluding steroid dienone is 9. The van der Waals surface area contributed by atoms with Crippen LogP contribution in [-0.2, 0) is 4.57 Å². The maximum absolute atomic E-state index is 15.4. The van der Waals surface area contributed by atoms with Crippen molar-refractivity contribution < 1.29 is 4.57 Å². The zero-order valence-corrected chi connectivity index (χ0v) is 22.7. The van der Waals surface area contributed by atoms with Crippen molar-refractivity contribution in [2.24, 2.45) is 5.92 Å². The molecule has 0 spiro atoms. The number of benzene rings is 1. The summed E-state index contributed by atoms with van der Waals surface area (Å²) in [5.41, 5.74) is 4.22. The lowest BCUT2D eigenvalue weighted by molar-refractivity contribution is 0.408. The third-order valence-corrected chi connectivity index (χ3v) is 16.4. The second kappa shape index (κ2) is 6.78. The maximum Gasteiger partial charge on any atom is 0.172 e. The Kier molecular flexibility index (Phi) is 4.37. The van der Waals surface area contributed by atoms with E-state index in [0.29, 0.717) is 11.2 Å². The molecule has 0 radical (unpaired) electrons. The van der Waals surface area contributed by atoms with Crippen LogP contribution >= 0.6 is 42.4 Å². The van der Waals surface area contributed by atoms with E-state index in [1.54, 1.807) is 0 Å². The molecule has 4 aliphatic heterocycles. The fourth-order valence-corrected chi connectivity index (χ4v) is 15.9. The van der Waals surface area contributed by atoms with E-state index in [0.717, 1.165) is 23.5 Å². The minimum Gasteiger partial charge on any atom is -0.309 e. The predicted octanol–water partition coefficient (Wildman–Crippen LogP) is 8.36. The van der Waals surface area contributed by atoms with E-state index in [-0.39, 0.29) is 9.49 Å². The Balaban J connectivity index is 1.55. The van der Waals surface area contributed by atoms with E-state index in [4.69, 9.17) is 0 Å². The Morgan fingerprint density at radius 3 is 2.64 bits per heavy atom. The van der Waals surface area contributed by atoms with Gasteiger partial charge in [0.2, 0.25) is 0 Å². The zero-order chi connectivity index (χ0) is 22.8. The van der Waals surface area contributed by atoms with Gasteiger partial charge in [0.15, 0.2) is 7.14 Å². The lowest BCUT2D eigenvalue weighted by Gasteiger charge is -2.52. The average Bonchev–Trinajstić information content (AvgIpc) is 3.50. The van der Waals surface area contributed by atoms with Crippen LogP contribution in [0.5, 0.6) is 0 Å². The zero-order valence-electron chi connectivity index (χ0n) is 19.3. The molecular formula is C28H27OPS3. The first kappa shape index (κ1) is 21.2. The quantitative estimate of drug-likeness (QED) is 0.356. The van der Waals surface area contributed by atoms with Crippen LogP contribution in [0.1, 0.15) is 40.5 Å². The summed E-state index contributed by atoms with van der Waals surface area (Å²) in [6.45, 7) is 9.47. The summed E-state index contributed by atoms with van der Waals surface area (Å²) in [7, 11) is -2.89. The molecule has 33 heavy (non-hydrogen) atoms. The van der Waals surface area contributed by atoms with E-state index in [1.165, 1.54) is 36.7 Å². The SMILES string of the molecule is CC1=CC2=C3C4=C(SC3C3C=C(C)S[C@@]3(C)[C@]2(C)S1)C1=C(C=CCC1)[P@]4(=O)c1ccccc1. The van der Waals surface area contributed by atoms with Gasteiger partial charge in [-0.2, -0.15) is 0 Å². The average molecular weight is 507 g/mol. The van der Waals surface area contributed by atoms with Gasteiger partial charge in [-0.1, -0.05) is 48.6 Å². The van der Waals surface area contributed by atoms with Gasteiger partial charge in [-0.05, 0) is 73.1 Å². The molecule has 5 atom stereocenters. The van der Waals surface area contributed by atoms with Crippen LogP contribution in [-0.4, -0.2) is 14.7 Å². The van der Waals surface area contributed by atoms with Gasteiger partial charge in [-0.25, -0.2) is 0 Å². The van der Waals surface area contributed by atoms with Crippen LogP contribution in [0.25, 0.3) is 0 Å². The van der Waals surface area contributed by atoms with Crippen LogP contribution in [0.4, 0.5) is 0 Å². The molecule has 1 aromatic carbocycles. The van der Waals surface area contributed by atoms with Crippen LogP contribution in [0.2, 0.25) is 0 Å². The molecule has 0 saturated heterocycles. The van der Waals surface area contributed by atoms with Crippen molar-refractivity contribution in [3.8, 4) is 0 Å². The topological polar surface area (TPSA) is 17.1 Å². The molecule has 1 aromatic rings. The van der Waals surface area contributed by atoms with Crippen molar-refractivity contribution in [2.45, 2.75) is 55.3 Å². The smallest absolute Gasteiger partial charge is 0.172 e. The highest BCUT2D eigenvalue weighted by Gasteiger charge is 2.66. The third-order valence-electron chi connectivity index (χ3n) is 8.41. The van der Waals surface area contributed by atoms with Gasteiger partial charge < -0.3 is 4.57 Å². The highest BCUT2D eigenvalue weighted by molar-refractivity contribution is 8.09. The minimum absolute atomic E-state index is 0.0179. The van der Waals surface area contributed by atoms with Gasteiger partial charge in [-0.15, -0.1) is 35.3 Å². The standard InChI is InChI=1S/C28H27OPS3/c1-16-14-20-23-24-25(31-26(23)21-15-17(2)33-28(21,4)27(20,3)32-16)19-12-8-9-13-22(19)30(24,29)18-10-6-5-7-11-18/h5-7,9-11,13-15,21,26H,8,12H2,1-4H3/t21?,26?,27-,28-,30-/m1/s1. The highest BCUT2D eigenvalue weighted by Crippen LogP contribution is 2.80. The van der Waals surface area contributed by atoms with E-state index in [1.807, 2.05) is 29.6 Å². The predicted molar refractivity (Wildman–Crippen MR) is 148 cm³/mol. The largest absolute Gasteiger partial charge is 0.309 e. The van der Waals surface area contributed by atoms with Gasteiger partial charge in [0.05, 0.1) is 4.75 Å². The molecule has 168 valence electrons. The third kappa shape index (κ3) is 2.45. The maximum atomic E-state index is 15.4. The number of hydrogen-bond acceptors (Lipinski definition) is 4. The summed E-state index contributed by atoms with van der Waals surface area (Å²) in [4.78, 5) is 4.18. The van der Waals surface area contributed by atoms with Crippen molar-refractivity contribution >= 4 is 47.7 Å². The molecule has 6 aliphatic rings. The summed E-state index contributed by atoms with van der Waals surface area (Å²) in [5.74, 6) is 0.445. The molecule has 2 unspecified atom stereocenters. The first-order valence-corrected chi connectivity index (χ1v) is 16.0. The molecule has 0 amide bonds. The molecular weight excluding hydrogens is 479 g/mol. The second-order valence-electron chi connectivity index (χ2n) is 10.2. The molecule has 0 fully saturated rings. The highest BCUT2D eigenvalue weighted by atomic mass is 32.2. The molecule has 2 aliphatic carbocycles. The number of fused-ring (bicyclic) bond motifs is 7. The van der Waals surface area contributed by atoms with E-state index < -0.39 is 7.14 Å². The van der Waals surface area contributed by atoms with Gasteiger partial charge >= 0.3 is 0 Å².